The Morgan fingerprint density at radius 3 is 3.00 bits per heavy atom. The Bertz CT molecular complexity index is 433. The quantitative estimate of drug-likeness (QED) is 0.815. The second-order valence-corrected chi connectivity index (χ2v) is 4.68. The van der Waals surface area contributed by atoms with Gasteiger partial charge in [-0.3, -0.25) is 14.7 Å². The smallest absolute Gasteiger partial charge is 0.255 e. The molecule has 1 fully saturated rings. The second kappa shape index (κ2) is 6.49. The Morgan fingerprint density at radius 2 is 2.32 bits per heavy atom. The van der Waals surface area contributed by atoms with E-state index in [0.717, 1.165) is 32.8 Å². The zero-order valence-corrected chi connectivity index (χ0v) is 11.0. The molecule has 2 heterocycles. The number of hydrogen-bond acceptors (Lipinski definition) is 5. The molecule has 1 aliphatic heterocycles. The molecule has 0 aromatic carbocycles. The first kappa shape index (κ1) is 13.8. The molecule has 6 nitrogen and oxygen atoms in total. The van der Waals surface area contributed by atoms with Gasteiger partial charge in [0.1, 0.15) is 5.75 Å². The molecule has 0 saturated carbocycles. The van der Waals surface area contributed by atoms with E-state index in [-0.39, 0.29) is 23.3 Å². The average Bonchev–Trinajstić information content (AvgIpc) is 2.40. The van der Waals surface area contributed by atoms with E-state index in [0.29, 0.717) is 0 Å². The van der Waals surface area contributed by atoms with Crippen molar-refractivity contribution in [2.45, 2.75) is 13.0 Å². The van der Waals surface area contributed by atoms with Gasteiger partial charge in [-0.1, -0.05) is 0 Å². The SMILES string of the molecule is CC(CN1CCOCC1)NC(=O)c1ccncc1O. The first-order valence-corrected chi connectivity index (χ1v) is 6.41. The minimum absolute atomic E-state index is 0.0122. The van der Waals surface area contributed by atoms with Gasteiger partial charge in [0.2, 0.25) is 0 Å². The maximum absolute atomic E-state index is 12.0. The highest BCUT2D eigenvalue weighted by Gasteiger charge is 2.17. The molecule has 1 saturated heterocycles. The van der Waals surface area contributed by atoms with Gasteiger partial charge in [0, 0.05) is 31.9 Å². The molecule has 0 radical (unpaired) electrons. The van der Waals surface area contributed by atoms with E-state index in [1.807, 2.05) is 6.92 Å². The van der Waals surface area contributed by atoms with Crippen molar-refractivity contribution < 1.29 is 14.6 Å². The first-order valence-electron chi connectivity index (χ1n) is 6.41. The minimum atomic E-state index is -0.277. The number of morpholine rings is 1. The lowest BCUT2D eigenvalue weighted by Gasteiger charge is -2.29. The number of ether oxygens (including phenoxy) is 1. The summed E-state index contributed by atoms with van der Waals surface area (Å²) in [4.78, 5) is 18.0. The molecule has 1 aromatic heterocycles. The molecule has 0 spiro atoms. The number of pyridine rings is 1. The van der Waals surface area contributed by atoms with E-state index in [9.17, 15) is 9.90 Å². The molecule has 6 heteroatoms. The molecule has 0 aliphatic carbocycles. The van der Waals surface area contributed by atoms with Crippen LogP contribution in [0.3, 0.4) is 0 Å². The number of carbonyl (C=O) groups is 1. The maximum Gasteiger partial charge on any atom is 0.255 e. The summed E-state index contributed by atoms with van der Waals surface area (Å²) in [6.07, 6.45) is 2.75. The topological polar surface area (TPSA) is 74.7 Å². The van der Waals surface area contributed by atoms with Crippen molar-refractivity contribution in [3.8, 4) is 5.75 Å². The van der Waals surface area contributed by atoms with Crippen molar-refractivity contribution in [2.75, 3.05) is 32.8 Å². The van der Waals surface area contributed by atoms with Crippen LogP contribution in [0.4, 0.5) is 0 Å². The van der Waals surface area contributed by atoms with Crippen molar-refractivity contribution in [1.29, 1.82) is 0 Å². The molecule has 1 aliphatic rings. The predicted molar refractivity (Wildman–Crippen MR) is 70.1 cm³/mol. The summed E-state index contributed by atoms with van der Waals surface area (Å²) in [6, 6.07) is 1.52. The molecular formula is C13H19N3O3. The number of aromatic hydroxyl groups is 1. The van der Waals surface area contributed by atoms with Crippen LogP contribution in [0.15, 0.2) is 18.5 Å². The van der Waals surface area contributed by atoms with Crippen LogP contribution in [0.25, 0.3) is 0 Å². The summed E-state index contributed by atoms with van der Waals surface area (Å²) >= 11 is 0. The number of aromatic nitrogens is 1. The lowest BCUT2D eigenvalue weighted by molar-refractivity contribution is 0.0342. The van der Waals surface area contributed by atoms with Crippen LogP contribution in [-0.4, -0.2) is 59.8 Å². The lowest BCUT2D eigenvalue weighted by atomic mass is 10.2. The van der Waals surface area contributed by atoms with Crippen molar-refractivity contribution in [3.05, 3.63) is 24.0 Å². The summed E-state index contributed by atoms with van der Waals surface area (Å²) in [6.45, 7) is 5.99. The molecule has 19 heavy (non-hydrogen) atoms. The highest BCUT2D eigenvalue weighted by molar-refractivity contribution is 5.96. The largest absolute Gasteiger partial charge is 0.505 e. The highest BCUT2D eigenvalue weighted by atomic mass is 16.5. The van der Waals surface area contributed by atoms with Crippen LogP contribution in [0.5, 0.6) is 5.75 Å². The first-order chi connectivity index (χ1) is 9.16. The van der Waals surface area contributed by atoms with Gasteiger partial charge in [-0.05, 0) is 13.0 Å². The Kier molecular flexibility index (Phi) is 4.70. The van der Waals surface area contributed by atoms with Crippen molar-refractivity contribution in [2.24, 2.45) is 0 Å². The third-order valence-electron chi connectivity index (χ3n) is 3.06. The standard InChI is InChI=1S/C13H19N3O3/c1-10(9-16-4-6-19-7-5-16)15-13(18)11-2-3-14-8-12(11)17/h2-3,8,10,17H,4-7,9H2,1H3,(H,15,18). The summed E-state index contributed by atoms with van der Waals surface area (Å²) < 4.78 is 5.28. The number of nitrogens with zero attached hydrogens (tertiary/aromatic N) is 2. The third-order valence-corrected chi connectivity index (χ3v) is 3.06. The van der Waals surface area contributed by atoms with E-state index < -0.39 is 0 Å². The number of nitrogens with one attached hydrogen (secondary N) is 1. The Balaban J connectivity index is 1.86. The lowest BCUT2D eigenvalue weighted by Crippen LogP contribution is -2.46. The molecule has 104 valence electrons. The van der Waals surface area contributed by atoms with Gasteiger partial charge < -0.3 is 15.2 Å². The molecule has 1 atom stereocenters. The van der Waals surface area contributed by atoms with Crippen LogP contribution < -0.4 is 5.32 Å². The van der Waals surface area contributed by atoms with Gasteiger partial charge in [0.15, 0.2) is 0 Å². The normalized spacial score (nSPS) is 17.9. The van der Waals surface area contributed by atoms with E-state index in [1.54, 1.807) is 0 Å². The maximum atomic E-state index is 12.0. The van der Waals surface area contributed by atoms with Gasteiger partial charge in [0.25, 0.3) is 5.91 Å². The van der Waals surface area contributed by atoms with E-state index in [4.69, 9.17) is 4.74 Å². The average molecular weight is 265 g/mol. The fraction of sp³-hybridized carbons (Fsp3) is 0.538. The predicted octanol–water partition coefficient (Wildman–Crippen LogP) is 0.238. The molecule has 1 aromatic rings. The Morgan fingerprint density at radius 1 is 1.58 bits per heavy atom. The second-order valence-electron chi connectivity index (χ2n) is 4.68. The van der Waals surface area contributed by atoms with E-state index in [1.165, 1.54) is 18.5 Å². The molecule has 2 rings (SSSR count). The summed E-state index contributed by atoms with van der Waals surface area (Å²) in [7, 11) is 0. The number of hydrogen-bond donors (Lipinski definition) is 2. The zero-order chi connectivity index (χ0) is 13.7. The van der Waals surface area contributed by atoms with Crippen molar-refractivity contribution in [1.82, 2.24) is 15.2 Å². The number of rotatable bonds is 4. The summed E-state index contributed by atoms with van der Waals surface area (Å²) in [5, 5.41) is 12.4. The van der Waals surface area contributed by atoms with Gasteiger partial charge in [0.05, 0.1) is 25.0 Å². The zero-order valence-electron chi connectivity index (χ0n) is 11.0. The van der Waals surface area contributed by atoms with Gasteiger partial charge in [-0.15, -0.1) is 0 Å². The Labute approximate surface area is 112 Å². The van der Waals surface area contributed by atoms with Crippen LogP contribution in [0.2, 0.25) is 0 Å². The highest BCUT2D eigenvalue weighted by Crippen LogP contribution is 2.13. The van der Waals surface area contributed by atoms with Crippen LogP contribution in [0.1, 0.15) is 17.3 Å². The van der Waals surface area contributed by atoms with E-state index >= 15 is 0 Å². The number of amides is 1. The molecule has 2 N–H and O–H groups in total. The van der Waals surface area contributed by atoms with Crippen LogP contribution in [0, 0.1) is 0 Å². The van der Waals surface area contributed by atoms with Gasteiger partial charge >= 0.3 is 0 Å². The van der Waals surface area contributed by atoms with Gasteiger partial charge in [-0.2, -0.15) is 0 Å². The van der Waals surface area contributed by atoms with Crippen LogP contribution in [-0.2, 0) is 4.74 Å². The Hall–Kier alpha value is -1.66. The van der Waals surface area contributed by atoms with Gasteiger partial charge in [-0.25, -0.2) is 0 Å². The summed E-state index contributed by atoms with van der Waals surface area (Å²) in [5.74, 6) is -0.376. The fourth-order valence-electron chi connectivity index (χ4n) is 2.10. The van der Waals surface area contributed by atoms with E-state index in [2.05, 4.69) is 15.2 Å². The monoisotopic (exact) mass is 265 g/mol. The summed E-state index contributed by atoms with van der Waals surface area (Å²) in [5.41, 5.74) is 0.254. The molecule has 0 bridgehead atoms. The third kappa shape index (κ3) is 3.90. The molecule has 1 amide bonds. The number of carbonyl (C=O) groups excluding carboxylic acids is 1. The minimum Gasteiger partial charge on any atom is -0.505 e. The van der Waals surface area contributed by atoms with Crippen molar-refractivity contribution in [3.63, 3.8) is 0 Å². The molecule has 1 unspecified atom stereocenters. The van der Waals surface area contributed by atoms with Crippen LogP contribution >= 0.6 is 0 Å². The van der Waals surface area contributed by atoms with Crippen molar-refractivity contribution >= 4 is 5.91 Å². The molecular weight excluding hydrogens is 246 g/mol. The fourth-order valence-corrected chi connectivity index (χ4v) is 2.10.